The Morgan fingerprint density at radius 1 is 1.04 bits per heavy atom. The quantitative estimate of drug-likeness (QED) is 0.724. The Labute approximate surface area is 162 Å². The van der Waals surface area contributed by atoms with Gasteiger partial charge < -0.3 is 9.80 Å². The van der Waals surface area contributed by atoms with Crippen molar-refractivity contribution >= 4 is 28.0 Å². The van der Waals surface area contributed by atoms with E-state index in [0.717, 1.165) is 10.7 Å². The first kappa shape index (κ1) is 18.4. The van der Waals surface area contributed by atoms with Gasteiger partial charge >= 0.3 is 0 Å². The summed E-state index contributed by atoms with van der Waals surface area (Å²) in [5.41, 5.74) is 1.13. The highest BCUT2D eigenvalue weighted by atomic mass is 32.2. The van der Waals surface area contributed by atoms with Crippen molar-refractivity contribution in [1.29, 1.82) is 0 Å². The second-order valence-electron chi connectivity index (χ2n) is 6.69. The summed E-state index contributed by atoms with van der Waals surface area (Å²) < 4.78 is 41.2. The van der Waals surface area contributed by atoms with E-state index in [1.807, 2.05) is 0 Å². The second kappa shape index (κ2) is 6.90. The number of piperazine rings is 1. The second-order valence-corrected chi connectivity index (χ2v) is 8.52. The molecule has 0 aliphatic carbocycles. The third kappa shape index (κ3) is 3.01. The molecule has 2 aliphatic heterocycles. The SMILES string of the molecule is O=CN1CCN(C(=O)CN2c3ccc(F)cc3-c3ccccc3S2(=O)=O)CC1. The molecule has 28 heavy (non-hydrogen) atoms. The number of nitrogens with zero attached hydrogens (tertiary/aromatic N) is 3. The van der Waals surface area contributed by atoms with Crippen molar-refractivity contribution in [2.75, 3.05) is 37.0 Å². The fourth-order valence-electron chi connectivity index (χ4n) is 3.57. The maximum Gasteiger partial charge on any atom is 0.265 e. The zero-order valence-electron chi connectivity index (χ0n) is 14.9. The summed E-state index contributed by atoms with van der Waals surface area (Å²) in [5.74, 6) is -0.840. The van der Waals surface area contributed by atoms with Crippen LogP contribution in [0.3, 0.4) is 0 Å². The van der Waals surface area contributed by atoms with E-state index in [1.165, 1.54) is 24.3 Å². The van der Waals surface area contributed by atoms with Gasteiger partial charge in [-0.15, -0.1) is 0 Å². The molecule has 0 saturated carbocycles. The number of benzene rings is 2. The van der Waals surface area contributed by atoms with Crippen molar-refractivity contribution in [2.45, 2.75) is 4.90 Å². The molecule has 2 aliphatic rings. The number of sulfonamides is 1. The fraction of sp³-hybridized carbons (Fsp3) is 0.263. The third-order valence-electron chi connectivity index (χ3n) is 5.07. The van der Waals surface area contributed by atoms with Crippen molar-refractivity contribution in [3.63, 3.8) is 0 Å². The Bertz CT molecular complexity index is 1050. The minimum Gasteiger partial charge on any atom is -0.342 e. The van der Waals surface area contributed by atoms with Gasteiger partial charge in [-0.1, -0.05) is 18.2 Å². The molecule has 2 heterocycles. The van der Waals surface area contributed by atoms with Crippen molar-refractivity contribution in [3.05, 3.63) is 48.3 Å². The molecule has 2 aromatic carbocycles. The zero-order chi connectivity index (χ0) is 19.9. The number of amides is 2. The van der Waals surface area contributed by atoms with Gasteiger partial charge in [0, 0.05) is 37.3 Å². The maximum atomic E-state index is 13.9. The lowest BCUT2D eigenvalue weighted by atomic mass is 10.0. The van der Waals surface area contributed by atoms with Gasteiger partial charge in [-0.3, -0.25) is 13.9 Å². The summed E-state index contributed by atoms with van der Waals surface area (Å²) in [6, 6.07) is 10.2. The van der Waals surface area contributed by atoms with Crippen LogP contribution in [0.25, 0.3) is 11.1 Å². The average Bonchev–Trinajstić information content (AvgIpc) is 2.71. The van der Waals surface area contributed by atoms with Crippen molar-refractivity contribution < 1.29 is 22.4 Å². The van der Waals surface area contributed by atoms with Crippen LogP contribution in [0, 0.1) is 5.82 Å². The molecule has 0 N–H and O–H groups in total. The van der Waals surface area contributed by atoms with Crippen molar-refractivity contribution in [2.24, 2.45) is 0 Å². The first-order chi connectivity index (χ1) is 13.4. The molecule has 0 atom stereocenters. The normalized spacial score (nSPS) is 17.7. The third-order valence-corrected chi connectivity index (χ3v) is 6.89. The first-order valence-electron chi connectivity index (χ1n) is 8.80. The molecule has 0 aromatic heterocycles. The van der Waals surface area contributed by atoms with Crippen LogP contribution in [0.1, 0.15) is 0 Å². The number of carbonyl (C=O) groups excluding carboxylic acids is 2. The number of anilines is 1. The van der Waals surface area contributed by atoms with Crippen LogP contribution in [0.15, 0.2) is 47.4 Å². The van der Waals surface area contributed by atoms with Gasteiger partial charge in [-0.2, -0.15) is 0 Å². The van der Waals surface area contributed by atoms with Crippen LogP contribution in [0.2, 0.25) is 0 Å². The first-order valence-corrected chi connectivity index (χ1v) is 10.2. The number of carbonyl (C=O) groups is 2. The smallest absolute Gasteiger partial charge is 0.265 e. The summed E-state index contributed by atoms with van der Waals surface area (Å²) in [5, 5.41) is 0. The van der Waals surface area contributed by atoms with Crippen molar-refractivity contribution in [3.8, 4) is 11.1 Å². The molecule has 2 aromatic rings. The Morgan fingerprint density at radius 2 is 1.75 bits per heavy atom. The topological polar surface area (TPSA) is 78.0 Å². The highest BCUT2D eigenvalue weighted by molar-refractivity contribution is 7.93. The van der Waals surface area contributed by atoms with Crippen LogP contribution < -0.4 is 4.31 Å². The average molecular weight is 403 g/mol. The van der Waals surface area contributed by atoms with Crippen LogP contribution in [-0.2, 0) is 19.6 Å². The minimum atomic E-state index is -3.96. The van der Waals surface area contributed by atoms with Gasteiger partial charge in [0.25, 0.3) is 10.0 Å². The maximum absolute atomic E-state index is 13.9. The van der Waals surface area contributed by atoms with E-state index in [-0.39, 0.29) is 23.0 Å². The van der Waals surface area contributed by atoms with E-state index >= 15 is 0 Å². The number of hydrogen-bond donors (Lipinski definition) is 0. The molecule has 2 amide bonds. The summed E-state index contributed by atoms with van der Waals surface area (Å²) in [4.78, 5) is 26.8. The molecular weight excluding hydrogens is 385 g/mol. The number of hydrogen-bond acceptors (Lipinski definition) is 4. The highest BCUT2D eigenvalue weighted by Crippen LogP contribution is 2.43. The summed E-state index contributed by atoms with van der Waals surface area (Å²) >= 11 is 0. The molecule has 0 radical (unpaired) electrons. The lowest BCUT2D eigenvalue weighted by Crippen LogP contribution is -2.51. The van der Waals surface area contributed by atoms with Gasteiger partial charge in [0.15, 0.2) is 0 Å². The molecule has 0 unspecified atom stereocenters. The fourth-order valence-corrected chi connectivity index (χ4v) is 5.22. The molecular formula is C19H18FN3O4S. The standard InChI is InChI=1S/C19H18FN3O4S/c20-14-5-6-17-16(11-14)15-3-1-2-4-18(15)28(26,27)23(17)12-19(25)22-9-7-21(13-24)8-10-22/h1-6,11,13H,7-10,12H2. The lowest BCUT2D eigenvalue weighted by molar-refractivity contribution is -0.133. The molecule has 1 saturated heterocycles. The van der Waals surface area contributed by atoms with Gasteiger partial charge in [-0.25, -0.2) is 12.8 Å². The summed E-state index contributed by atoms with van der Waals surface area (Å²) in [6.45, 7) is 1.13. The van der Waals surface area contributed by atoms with Crippen LogP contribution in [-0.4, -0.2) is 63.3 Å². The van der Waals surface area contributed by atoms with Crippen molar-refractivity contribution in [1.82, 2.24) is 9.80 Å². The molecule has 7 nitrogen and oxygen atoms in total. The Balaban J connectivity index is 1.69. The van der Waals surface area contributed by atoms with Crippen LogP contribution >= 0.6 is 0 Å². The zero-order valence-corrected chi connectivity index (χ0v) is 15.7. The molecule has 0 spiro atoms. The van der Waals surface area contributed by atoms with Gasteiger partial charge in [0.1, 0.15) is 12.4 Å². The van der Waals surface area contributed by atoms with Crippen LogP contribution in [0.5, 0.6) is 0 Å². The van der Waals surface area contributed by atoms with E-state index in [4.69, 9.17) is 0 Å². The lowest BCUT2D eigenvalue weighted by Gasteiger charge is -2.36. The van der Waals surface area contributed by atoms with E-state index in [0.29, 0.717) is 37.3 Å². The predicted octanol–water partition coefficient (Wildman–Crippen LogP) is 1.30. The predicted molar refractivity (Wildman–Crippen MR) is 101 cm³/mol. The van der Waals surface area contributed by atoms with Gasteiger partial charge in [0.2, 0.25) is 12.3 Å². The van der Waals surface area contributed by atoms with E-state index in [1.54, 1.807) is 28.0 Å². The highest BCUT2D eigenvalue weighted by Gasteiger charge is 2.37. The number of halogens is 1. The van der Waals surface area contributed by atoms with Gasteiger partial charge in [0.05, 0.1) is 10.6 Å². The van der Waals surface area contributed by atoms with Crippen LogP contribution in [0.4, 0.5) is 10.1 Å². The molecule has 1 fully saturated rings. The van der Waals surface area contributed by atoms with E-state index in [9.17, 15) is 22.4 Å². The summed E-state index contributed by atoms with van der Waals surface area (Å²) in [7, 11) is -3.96. The molecule has 9 heteroatoms. The monoisotopic (exact) mass is 403 g/mol. The van der Waals surface area contributed by atoms with Gasteiger partial charge in [-0.05, 0) is 24.3 Å². The Morgan fingerprint density at radius 3 is 2.46 bits per heavy atom. The Kier molecular flexibility index (Phi) is 4.54. The molecule has 146 valence electrons. The number of fused-ring (bicyclic) bond motifs is 3. The van der Waals surface area contributed by atoms with E-state index < -0.39 is 15.8 Å². The summed E-state index contributed by atoms with van der Waals surface area (Å²) in [6.07, 6.45) is 0.735. The molecule has 0 bridgehead atoms. The Hall–Kier alpha value is -2.94. The minimum absolute atomic E-state index is 0.0478. The number of rotatable bonds is 3. The van der Waals surface area contributed by atoms with E-state index in [2.05, 4.69) is 0 Å². The largest absolute Gasteiger partial charge is 0.342 e. The molecule has 4 rings (SSSR count).